The summed E-state index contributed by atoms with van der Waals surface area (Å²) in [6.07, 6.45) is 4.31. The van der Waals surface area contributed by atoms with Gasteiger partial charge in [-0.15, -0.1) is 0 Å². The minimum atomic E-state index is -0.938. The normalized spacial score (nSPS) is 26.3. The van der Waals surface area contributed by atoms with Crippen LogP contribution in [0, 0.1) is 17.5 Å². The molecule has 4 aliphatic rings. The summed E-state index contributed by atoms with van der Waals surface area (Å²) in [6, 6.07) is 6.91. The Morgan fingerprint density at radius 1 is 1.04 bits per heavy atom. The average molecular weight is 636 g/mol. The van der Waals surface area contributed by atoms with E-state index in [1.807, 2.05) is 0 Å². The second-order valence-electron chi connectivity index (χ2n) is 13.4. The van der Waals surface area contributed by atoms with Gasteiger partial charge in [0.25, 0.3) is 0 Å². The number of hydrogen-bond donors (Lipinski definition) is 2. The molecule has 4 aliphatic heterocycles. The highest BCUT2D eigenvalue weighted by Crippen LogP contribution is 2.44. The molecular formula is C35H37F4N5O2. The summed E-state index contributed by atoms with van der Waals surface area (Å²) in [5.41, 5.74) is -0.631. The number of aromatic nitrogens is 2. The fourth-order valence-electron chi connectivity index (χ4n) is 8.69. The van der Waals surface area contributed by atoms with Crippen LogP contribution in [-0.2, 0) is 6.42 Å². The zero-order valence-corrected chi connectivity index (χ0v) is 25.8. The number of aromatic hydroxyl groups is 1. The van der Waals surface area contributed by atoms with Crippen LogP contribution in [0.25, 0.3) is 32.8 Å². The molecule has 5 heterocycles. The SMILES string of the molecule is CCc1c(F)ccc2cc(O)cc(-c3c(F)cc4c(N5[C@@H]6CCC[C@H]5CNC6)nc(OC[C@@]56CCCN5C[C@H](F)C6)nc4c3F)c12. The molecule has 0 unspecified atom stereocenters. The lowest BCUT2D eigenvalue weighted by atomic mass is 9.90. The summed E-state index contributed by atoms with van der Waals surface area (Å²) >= 11 is 0. The molecule has 7 nitrogen and oxygen atoms in total. The quantitative estimate of drug-likeness (QED) is 0.237. The molecule has 0 amide bonds. The molecule has 1 aromatic heterocycles. The summed E-state index contributed by atoms with van der Waals surface area (Å²) in [5, 5.41) is 15.1. The van der Waals surface area contributed by atoms with Crippen molar-refractivity contribution in [3.63, 3.8) is 0 Å². The molecule has 0 radical (unpaired) electrons. The first kappa shape index (κ1) is 29.7. The lowest BCUT2D eigenvalue weighted by Crippen LogP contribution is -2.60. The Labute approximate surface area is 264 Å². The van der Waals surface area contributed by atoms with E-state index in [2.05, 4.69) is 20.1 Å². The van der Waals surface area contributed by atoms with E-state index in [4.69, 9.17) is 9.72 Å². The number of fused-ring (bicyclic) bond motifs is 5. The van der Waals surface area contributed by atoms with Gasteiger partial charge in [-0.1, -0.05) is 13.0 Å². The highest BCUT2D eigenvalue weighted by molar-refractivity contribution is 6.03. The van der Waals surface area contributed by atoms with Gasteiger partial charge in [0.05, 0.1) is 11.1 Å². The van der Waals surface area contributed by atoms with E-state index in [0.717, 1.165) is 51.7 Å². The number of phenols is 1. The number of benzene rings is 3. The molecule has 2 N–H and O–H groups in total. The molecular weight excluding hydrogens is 598 g/mol. The van der Waals surface area contributed by atoms with E-state index in [9.17, 15) is 13.9 Å². The van der Waals surface area contributed by atoms with E-state index in [-0.39, 0.29) is 53.3 Å². The largest absolute Gasteiger partial charge is 0.508 e. The summed E-state index contributed by atoms with van der Waals surface area (Å²) < 4.78 is 69.1. The van der Waals surface area contributed by atoms with E-state index in [0.29, 0.717) is 35.1 Å². The van der Waals surface area contributed by atoms with Gasteiger partial charge in [0.2, 0.25) is 0 Å². The third-order valence-electron chi connectivity index (χ3n) is 10.7. The van der Waals surface area contributed by atoms with Gasteiger partial charge in [-0.3, -0.25) is 4.90 Å². The summed E-state index contributed by atoms with van der Waals surface area (Å²) in [4.78, 5) is 13.6. The molecule has 0 saturated carbocycles. The average Bonchev–Trinajstić information content (AvgIpc) is 3.55. The van der Waals surface area contributed by atoms with Crippen molar-refractivity contribution in [1.82, 2.24) is 20.2 Å². The molecule has 46 heavy (non-hydrogen) atoms. The van der Waals surface area contributed by atoms with E-state index >= 15 is 8.78 Å². The van der Waals surface area contributed by atoms with Crippen molar-refractivity contribution in [1.29, 1.82) is 0 Å². The van der Waals surface area contributed by atoms with Gasteiger partial charge in [0.1, 0.15) is 41.5 Å². The van der Waals surface area contributed by atoms with Crippen LogP contribution in [0.4, 0.5) is 23.4 Å². The molecule has 0 spiro atoms. The maximum atomic E-state index is 17.0. The van der Waals surface area contributed by atoms with Crippen molar-refractivity contribution in [3.05, 3.63) is 53.3 Å². The van der Waals surface area contributed by atoms with Gasteiger partial charge >= 0.3 is 6.01 Å². The minimum Gasteiger partial charge on any atom is -0.508 e. The van der Waals surface area contributed by atoms with E-state index < -0.39 is 34.7 Å². The minimum absolute atomic E-state index is 0.0415. The summed E-state index contributed by atoms with van der Waals surface area (Å²) in [7, 11) is 0. The number of nitrogens with zero attached hydrogens (tertiary/aromatic N) is 4. The second kappa shape index (κ2) is 11.2. The number of hydrogen-bond acceptors (Lipinski definition) is 7. The van der Waals surface area contributed by atoms with Gasteiger partial charge < -0.3 is 20.1 Å². The lowest BCUT2D eigenvalue weighted by Gasteiger charge is -2.47. The Morgan fingerprint density at radius 2 is 1.85 bits per heavy atom. The van der Waals surface area contributed by atoms with Crippen molar-refractivity contribution in [2.75, 3.05) is 37.7 Å². The Balaban J connectivity index is 1.32. The number of aryl methyl sites for hydroxylation is 1. The van der Waals surface area contributed by atoms with Crippen molar-refractivity contribution in [2.45, 2.75) is 75.7 Å². The molecule has 4 fully saturated rings. The summed E-state index contributed by atoms with van der Waals surface area (Å²) in [6.45, 7) is 4.55. The van der Waals surface area contributed by atoms with Crippen LogP contribution in [0.3, 0.4) is 0 Å². The molecule has 8 rings (SSSR count). The molecule has 11 heteroatoms. The number of piperidine rings is 1. The highest BCUT2D eigenvalue weighted by Gasteiger charge is 2.49. The Morgan fingerprint density at radius 3 is 2.63 bits per heavy atom. The standard InChI is InChI=1S/C35H37F4N5O2/c1-2-24-27(37)8-7-19-11-23(45)12-25(29(19)24)30-28(38)13-26-32(31(30)39)41-34(46-18-35-9-4-10-43(35)17-20(36)14-35)42-33(26)44-21-5-3-6-22(44)16-40-15-21/h7-8,11-13,20-22,40,45H,2-6,9-10,14-18H2,1H3/t20-,21-,22+,35+/m1/s1. The van der Waals surface area contributed by atoms with Crippen LogP contribution >= 0.6 is 0 Å². The molecule has 4 saturated heterocycles. The van der Waals surface area contributed by atoms with Crippen molar-refractivity contribution >= 4 is 27.5 Å². The molecule has 2 bridgehead atoms. The van der Waals surface area contributed by atoms with Crippen LogP contribution in [0.15, 0.2) is 30.3 Å². The van der Waals surface area contributed by atoms with Crippen molar-refractivity contribution < 1.29 is 27.4 Å². The predicted octanol–water partition coefficient (Wildman–Crippen LogP) is 6.42. The zero-order valence-electron chi connectivity index (χ0n) is 25.8. The number of piperazine rings is 1. The van der Waals surface area contributed by atoms with Crippen LogP contribution in [-0.4, -0.2) is 76.6 Å². The molecule has 4 atom stereocenters. The Hall–Kier alpha value is -3.70. The number of anilines is 1. The maximum absolute atomic E-state index is 17.0. The lowest BCUT2D eigenvalue weighted by molar-refractivity contribution is 0.107. The predicted molar refractivity (Wildman–Crippen MR) is 169 cm³/mol. The molecule has 3 aromatic carbocycles. The summed E-state index contributed by atoms with van der Waals surface area (Å²) in [5.74, 6) is -2.07. The monoisotopic (exact) mass is 635 g/mol. The van der Waals surface area contributed by atoms with Gasteiger partial charge in [-0.05, 0) is 91.2 Å². The zero-order chi connectivity index (χ0) is 31.7. The number of nitrogens with one attached hydrogen (secondary N) is 1. The van der Waals surface area contributed by atoms with Gasteiger partial charge in [-0.2, -0.15) is 9.97 Å². The Kier molecular flexibility index (Phi) is 7.24. The van der Waals surface area contributed by atoms with Crippen LogP contribution < -0.4 is 15.0 Å². The van der Waals surface area contributed by atoms with Crippen LogP contribution in [0.2, 0.25) is 0 Å². The fourth-order valence-corrected chi connectivity index (χ4v) is 8.69. The van der Waals surface area contributed by atoms with Crippen LogP contribution in [0.1, 0.15) is 51.0 Å². The van der Waals surface area contributed by atoms with Crippen molar-refractivity contribution in [2.24, 2.45) is 0 Å². The first-order valence-corrected chi connectivity index (χ1v) is 16.4. The first-order chi connectivity index (χ1) is 22.3. The van der Waals surface area contributed by atoms with E-state index in [1.165, 1.54) is 30.3 Å². The van der Waals surface area contributed by atoms with E-state index in [1.54, 1.807) is 6.92 Å². The first-order valence-electron chi connectivity index (χ1n) is 16.4. The van der Waals surface area contributed by atoms with Gasteiger partial charge in [-0.25, -0.2) is 17.6 Å². The third-order valence-corrected chi connectivity index (χ3v) is 10.7. The maximum Gasteiger partial charge on any atom is 0.319 e. The molecule has 4 aromatic rings. The topological polar surface area (TPSA) is 73.8 Å². The molecule has 0 aliphatic carbocycles. The van der Waals surface area contributed by atoms with Crippen molar-refractivity contribution in [3.8, 4) is 22.9 Å². The number of phenolic OH excluding ortho intramolecular Hbond substituents is 1. The molecule has 242 valence electrons. The third kappa shape index (κ3) is 4.68. The number of alkyl halides is 1. The van der Waals surface area contributed by atoms with Crippen LogP contribution in [0.5, 0.6) is 11.8 Å². The van der Waals surface area contributed by atoms with Gasteiger partial charge in [0.15, 0.2) is 5.82 Å². The number of halogens is 4. The Bertz CT molecular complexity index is 1830. The fraction of sp³-hybridized carbons (Fsp3) is 0.486. The van der Waals surface area contributed by atoms with Gasteiger partial charge in [0, 0.05) is 43.5 Å². The number of rotatable bonds is 6. The highest BCUT2D eigenvalue weighted by atomic mass is 19.1. The smallest absolute Gasteiger partial charge is 0.319 e. The second-order valence-corrected chi connectivity index (χ2v) is 13.4. The number of ether oxygens (including phenoxy) is 1.